The molecule has 0 radical (unpaired) electrons. The normalized spacial score (nSPS) is 25.3. The molecular formula is C14H25N3O4S. The van der Waals surface area contributed by atoms with Gasteiger partial charge in [-0.25, -0.2) is 13.2 Å². The zero-order valence-electron chi connectivity index (χ0n) is 13.5. The minimum absolute atomic E-state index is 0.115. The molecule has 2 aliphatic rings. The zero-order valence-corrected chi connectivity index (χ0v) is 14.3. The number of hydrogen-bond acceptors (Lipinski definition) is 6. The van der Waals surface area contributed by atoms with E-state index in [4.69, 9.17) is 4.74 Å². The Balaban J connectivity index is 1.91. The number of amidine groups is 1. The zero-order chi connectivity index (χ0) is 16.4. The third-order valence-corrected chi connectivity index (χ3v) is 5.32. The number of sulfone groups is 1. The smallest absolute Gasteiger partial charge is 0.410 e. The molecule has 2 rings (SSSR count). The molecule has 126 valence electrons. The van der Waals surface area contributed by atoms with Crippen LogP contribution in [0.5, 0.6) is 0 Å². The van der Waals surface area contributed by atoms with Gasteiger partial charge in [-0.05, 0) is 33.6 Å². The summed E-state index contributed by atoms with van der Waals surface area (Å²) in [6, 6.07) is -0.115. The molecule has 0 spiro atoms. The second-order valence-electron chi connectivity index (χ2n) is 6.83. The maximum Gasteiger partial charge on any atom is 0.410 e. The summed E-state index contributed by atoms with van der Waals surface area (Å²) in [7, 11) is -2.96. The van der Waals surface area contributed by atoms with E-state index in [9.17, 15) is 13.2 Å². The van der Waals surface area contributed by atoms with Gasteiger partial charge >= 0.3 is 6.09 Å². The number of hydrogen-bond donors (Lipinski definition) is 1. The highest BCUT2D eigenvalue weighted by Crippen LogP contribution is 2.14. The van der Waals surface area contributed by atoms with Gasteiger partial charge in [0.25, 0.3) is 0 Å². The fraction of sp³-hybridized carbons (Fsp3) is 0.857. The number of carbonyl (C=O) groups is 1. The van der Waals surface area contributed by atoms with Gasteiger partial charge in [-0.15, -0.1) is 0 Å². The average Bonchev–Trinajstić information content (AvgIpc) is 2.35. The number of nitrogens with one attached hydrogen (secondary N) is 1. The van der Waals surface area contributed by atoms with Crippen LogP contribution in [0.2, 0.25) is 0 Å². The van der Waals surface area contributed by atoms with Crippen molar-refractivity contribution in [2.24, 2.45) is 4.99 Å². The molecule has 1 fully saturated rings. The van der Waals surface area contributed by atoms with Crippen molar-refractivity contribution in [2.45, 2.75) is 45.3 Å². The van der Waals surface area contributed by atoms with Crippen molar-refractivity contribution in [3.05, 3.63) is 0 Å². The largest absolute Gasteiger partial charge is 0.444 e. The summed E-state index contributed by atoms with van der Waals surface area (Å²) < 4.78 is 28.7. The van der Waals surface area contributed by atoms with Crippen LogP contribution in [0.25, 0.3) is 0 Å². The van der Waals surface area contributed by atoms with Crippen molar-refractivity contribution >= 4 is 21.8 Å². The monoisotopic (exact) mass is 331 g/mol. The number of ether oxygens (including phenoxy) is 1. The molecule has 1 amide bonds. The molecular weight excluding hydrogens is 306 g/mol. The van der Waals surface area contributed by atoms with Gasteiger partial charge < -0.3 is 10.1 Å². The number of nitrogens with zero attached hydrogens (tertiary/aromatic N) is 2. The Labute approximate surface area is 132 Å². The molecule has 1 saturated heterocycles. The highest BCUT2D eigenvalue weighted by Gasteiger charge is 2.28. The number of rotatable bonds is 1. The molecule has 0 aromatic carbocycles. The summed E-state index contributed by atoms with van der Waals surface area (Å²) in [5.74, 6) is 1.07. The molecule has 1 unspecified atom stereocenters. The van der Waals surface area contributed by atoms with Gasteiger partial charge in [0.05, 0.1) is 24.6 Å². The Hall–Kier alpha value is -1.31. The van der Waals surface area contributed by atoms with Gasteiger partial charge in [0.2, 0.25) is 0 Å². The SMILES string of the molecule is CC(C)(C)OC(=O)N1CCN=C(NC2CCCS(=O)(=O)C2)C1. The minimum atomic E-state index is -2.96. The summed E-state index contributed by atoms with van der Waals surface area (Å²) >= 11 is 0. The first-order valence-corrected chi connectivity index (χ1v) is 9.45. The van der Waals surface area contributed by atoms with Crippen LogP contribution in [0.1, 0.15) is 33.6 Å². The van der Waals surface area contributed by atoms with Gasteiger partial charge in [0.15, 0.2) is 9.84 Å². The van der Waals surface area contributed by atoms with E-state index in [2.05, 4.69) is 10.3 Å². The lowest BCUT2D eigenvalue weighted by Crippen LogP contribution is -2.51. The number of aliphatic imine (C=N–C) groups is 1. The van der Waals surface area contributed by atoms with Crippen LogP contribution in [-0.4, -0.2) is 68.0 Å². The van der Waals surface area contributed by atoms with Crippen molar-refractivity contribution < 1.29 is 17.9 Å². The van der Waals surface area contributed by atoms with Crippen LogP contribution in [0.4, 0.5) is 4.79 Å². The van der Waals surface area contributed by atoms with E-state index in [1.807, 2.05) is 20.8 Å². The third-order valence-electron chi connectivity index (χ3n) is 3.50. The van der Waals surface area contributed by atoms with Crippen LogP contribution in [-0.2, 0) is 14.6 Å². The van der Waals surface area contributed by atoms with Crippen LogP contribution < -0.4 is 5.32 Å². The van der Waals surface area contributed by atoms with Crippen molar-refractivity contribution in [1.82, 2.24) is 10.2 Å². The molecule has 0 saturated carbocycles. The van der Waals surface area contributed by atoms with Crippen LogP contribution in [0, 0.1) is 0 Å². The van der Waals surface area contributed by atoms with Gasteiger partial charge in [-0.2, -0.15) is 0 Å². The molecule has 0 aromatic rings. The van der Waals surface area contributed by atoms with E-state index in [0.29, 0.717) is 31.9 Å². The standard InChI is InChI=1S/C14H25N3O4S/c1-14(2,3)21-13(18)17-7-6-15-12(9-17)16-11-5-4-8-22(19,20)10-11/h11H,4-10H2,1-3H3,(H,15,16). The first-order chi connectivity index (χ1) is 10.1. The summed E-state index contributed by atoms with van der Waals surface area (Å²) in [6.45, 7) is 6.84. The molecule has 0 aliphatic carbocycles. The van der Waals surface area contributed by atoms with Crippen molar-refractivity contribution in [2.75, 3.05) is 31.1 Å². The summed E-state index contributed by atoms with van der Waals surface area (Å²) in [5, 5.41) is 3.18. The highest BCUT2D eigenvalue weighted by molar-refractivity contribution is 7.91. The topological polar surface area (TPSA) is 88.1 Å². The molecule has 7 nitrogen and oxygen atoms in total. The van der Waals surface area contributed by atoms with Gasteiger partial charge in [-0.1, -0.05) is 0 Å². The van der Waals surface area contributed by atoms with E-state index >= 15 is 0 Å². The maximum atomic E-state index is 12.1. The minimum Gasteiger partial charge on any atom is -0.444 e. The van der Waals surface area contributed by atoms with Crippen molar-refractivity contribution in [3.8, 4) is 0 Å². The predicted octanol–water partition coefficient (Wildman–Crippen LogP) is 0.802. The van der Waals surface area contributed by atoms with Gasteiger partial charge in [0.1, 0.15) is 11.4 Å². The molecule has 8 heteroatoms. The number of carbonyl (C=O) groups excluding carboxylic acids is 1. The Morgan fingerprint density at radius 2 is 2.14 bits per heavy atom. The van der Waals surface area contributed by atoms with Crippen LogP contribution in [0.3, 0.4) is 0 Å². The molecule has 2 heterocycles. The molecule has 0 bridgehead atoms. The highest BCUT2D eigenvalue weighted by atomic mass is 32.2. The fourth-order valence-electron chi connectivity index (χ4n) is 2.56. The van der Waals surface area contributed by atoms with E-state index in [1.54, 1.807) is 4.90 Å². The van der Waals surface area contributed by atoms with Crippen molar-refractivity contribution in [1.29, 1.82) is 0 Å². The second kappa shape index (κ2) is 6.44. The second-order valence-corrected chi connectivity index (χ2v) is 9.06. The lowest BCUT2D eigenvalue weighted by Gasteiger charge is -2.32. The Kier molecular flexibility index (Phi) is 4.99. The molecule has 2 aliphatic heterocycles. The maximum absolute atomic E-state index is 12.1. The lowest BCUT2D eigenvalue weighted by molar-refractivity contribution is 0.0276. The van der Waals surface area contributed by atoms with Crippen molar-refractivity contribution in [3.63, 3.8) is 0 Å². The van der Waals surface area contributed by atoms with Crippen LogP contribution >= 0.6 is 0 Å². The van der Waals surface area contributed by atoms with E-state index in [-0.39, 0.29) is 23.6 Å². The fourth-order valence-corrected chi connectivity index (χ4v) is 4.20. The van der Waals surface area contributed by atoms with E-state index in [1.165, 1.54) is 0 Å². The number of amides is 1. The first-order valence-electron chi connectivity index (χ1n) is 7.63. The average molecular weight is 331 g/mol. The first kappa shape index (κ1) is 17.1. The Morgan fingerprint density at radius 3 is 2.77 bits per heavy atom. The Morgan fingerprint density at radius 1 is 1.41 bits per heavy atom. The predicted molar refractivity (Wildman–Crippen MR) is 84.9 cm³/mol. The summed E-state index contributed by atoms with van der Waals surface area (Å²) in [5.41, 5.74) is -0.531. The van der Waals surface area contributed by atoms with Gasteiger partial charge in [0, 0.05) is 12.6 Å². The van der Waals surface area contributed by atoms with Crippen LogP contribution in [0.15, 0.2) is 4.99 Å². The summed E-state index contributed by atoms with van der Waals surface area (Å²) in [6.07, 6.45) is 1.12. The molecule has 0 aromatic heterocycles. The quantitative estimate of drug-likeness (QED) is 0.768. The summed E-state index contributed by atoms with van der Waals surface area (Å²) in [4.78, 5) is 18.0. The molecule has 1 N–H and O–H groups in total. The van der Waals surface area contributed by atoms with Gasteiger partial charge in [-0.3, -0.25) is 9.89 Å². The third kappa shape index (κ3) is 5.15. The Bertz CT molecular complexity index is 551. The van der Waals surface area contributed by atoms with E-state index in [0.717, 1.165) is 6.42 Å². The molecule has 1 atom stereocenters. The lowest BCUT2D eigenvalue weighted by atomic mass is 10.2. The molecule has 22 heavy (non-hydrogen) atoms. The van der Waals surface area contributed by atoms with E-state index < -0.39 is 15.4 Å².